The number of carbonyl (C=O) groups is 1. The Morgan fingerprint density at radius 1 is 1.20 bits per heavy atom. The summed E-state index contributed by atoms with van der Waals surface area (Å²) in [6.45, 7) is 7.89. The number of fused-ring (bicyclic) bond motifs is 1. The monoisotopic (exact) mass is 476 g/mol. The highest BCUT2D eigenvalue weighted by Crippen LogP contribution is 2.16. The maximum Gasteiger partial charge on any atom is 0.267 e. The first-order valence-electron chi connectivity index (χ1n) is 11.3. The number of aryl methyl sites for hydroxylation is 1. The molecule has 3 aromatic rings. The van der Waals surface area contributed by atoms with Crippen LogP contribution in [-0.2, 0) is 20.1 Å². The molecule has 0 saturated carbocycles. The van der Waals surface area contributed by atoms with Crippen LogP contribution < -0.4 is 32.5 Å². The van der Waals surface area contributed by atoms with E-state index in [1.165, 1.54) is 17.6 Å². The second-order valence-electron chi connectivity index (χ2n) is 9.47. The summed E-state index contributed by atoms with van der Waals surface area (Å²) in [5.74, 6) is -0.0159. The molecule has 1 aromatic heterocycles. The molecule has 0 radical (unpaired) electrons. The SMILES string of the molecule is CC(=O)c1ccc(CN/C(Nc2ccc(F)c(C)c2)=c2/c(=O)n(C)c3n(c2=N)CC(C)(C)N=3)cc1. The second-order valence-corrected chi connectivity index (χ2v) is 9.47. The quantitative estimate of drug-likeness (QED) is 0.471. The van der Waals surface area contributed by atoms with Crippen molar-refractivity contribution in [3.05, 3.63) is 91.7 Å². The fourth-order valence-corrected chi connectivity index (χ4v) is 4.09. The Labute approximate surface area is 202 Å². The molecule has 0 fully saturated rings. The summed E-state index contributed by atoms with van der Waals surface area (Å²) in [6, 6.07) is 11.8. The van der Waals surface area contributed by atoms with Crippen molar-refractivity contribution in [1.29, 1.82) is 5.41 Å². The van der Waals surface area contributed by atoms with E-state index in [9.17, 15) is 14.0 Å². The predicted molar refractivity (Wildman–Crippen MR) is 132 cm³/mol. The highest BCUT2D eigenvalue weighted by Gasteiger charge is 2.26. The van der Waals surface area contributed by atoms with Gasteiger partial charge < -0.3 is 10.6 Å². The highest BCUT2D eigenvalue weighted by molar-refractivity contribution is 5.94. The number of rotatable bonds is 6. The van der Waals surface area contributed by atoms with Crippen molar-refractivity contribution in [2.75, 3.05) is 5.32 Å². The van der Waals surface area contributed by atoms with E-state index in [0.29, 0.717) is 41.3 Å². The maximum atomic E-state index is 13.9. The molecule has 1 aliphatic heterocycles. The van der Waals surface area contributed by atoms with Gasteiger partial charge in [0.05, 0.1) is 12.1 Å². The van der Waals surface area contributed by atoms with Crippen LogP contribution in [0.25, 0.3) is 5.82 Å². The Hall–Kier alpha value is -4.01. The highest BCUT2D eigenvalue weighted by atomic mass is 19.1. The van der Waals surface area contributed by atoms with Gasteiger partial charge in [0, 0.05) is 24.8 Å². The number of anilines is 1. The molecule has 0 bridgehead atoms. The fraction of sp³-hybridized carbons (Fsp3) is 0.308. The number of hydrogen-bond acceptors (Lipinski definition) is 6. The first-order chi connectivity index (χ1) is 16.5. The van der Waals surface area contributed by atoms with Crippen molar-refractivity contribution < 1.29 is 9.18 Å². The molecule has 2 heterocycles. The number of hydrogen-bond donors (Lipinski definition) is 3. The van der Waals surface area contributed by atoms with Gasteiger partial charge in [-0.2, -0.15) is 0 Å². The molecule has 0 amide bonds. The van der Waals surface area contributed by atoms with Gasteiger partial charge in [-0.1, -0.05) is 24.3 Å². The van der Waals surface area contributed by atoms with E-state index in [4.69, 9.17) is 5.41 Å². The van der Waals surface area contributed by atoms with E-state index in [-0.39, 0.29) is 27.9 Å². The zero-order valence-corrected chi connectivity index (χ0v) is 20.5. The number of ketones is 1. The molecule has 3 N–H and O–H groups in total. The smallest absolute Gasteiger partial charge is 0.267 e. The molecule has 0 aliphatic carbocycles. The summed E-state index contributed by atoms with van der Waals surface area (Å²) in [5.41, 5.74) is 2.22. The molecule has 0 saturated heterocycles. The van der Waals surface area contributed by atoms with Crippen LogP contribution in [0.4, 0.5) is 10.1 Å². The van der Waals surface area contributed by atoms with E-state index in [2.05, 4.69) is 15.6 Å². The number of nitrogens with zero attached hydrogens (tertiary/aromatic N) is 3. The lowest BCUT2D eigenvalue weighted by molar-refractivity contribution is 0.101. The first kappa shape index (κ1) is 24.1. The summed E-state index contributed by atoms with van der Waals surface area (Å²) in [7, 11) is 1.64. The van der Waals surface area contributed by atoms with Crippen molar-refractivity contribution in [2.24, 2.45) is 12.0 Å². The largest absolute Gasteiger partial charge is 0.367 e. The van der Waals surface area contributed by atoms with E-state index >= 15 is 0 Å². The molecule has 0 spiro atoms. The van der Waals surface area contributed by atoms with Crippen molar-refractivity contribution in [1.82, 2.24) is 14.5 Å². The molecular formula is C26H29FN6O2. The van der Waals surface area contributed by atoms with Gasteiger partial charge in [0.1, 0.15) is 22.3 Å². The summed E-state index contributed by atoms with van der Waals surface area (Å²) in [6.07, 6.45) is 0. The molecule has 9 heteroatoms. The first-order valence-corrected chi connectivity index (χ1v) is 11.3. The molecular weight excluding hydrogens is 447 g/mol. The molecule has 0 unspecified atom stereocenters. The Bertz CT molecular complexity index is 1570. The average Bonchev–Trinajstić information content (AvgIpc) is 3.14. The molecule has 182 valence electrons. The number of carbonyl (C=O) groups excluding carboxylic acids is 1. The van der Waals surface area contributed by atoms with Crippen LogP contribution in [0.1, 0.15) is 42.3 Å². The van der Waals surface area contributed by atoms with Crippen LogP contribution >= 0.6 is 0 Å². The van der Waals surface area contributed by atoms with Gasteiger partial charge in [0.2, 0.25) is 5.62 Å². The van der Waals surface area contributed by atoms with Gasteiger partial charge in [-0.25, -0.2) is 9.38 Å². The van der Waals surface area contributed by atoms with Crippen molar-refractivity contribution in [3.63, 3.8) is 0 Å². The van der Waals surface area contributed by atoms with Gasteiger partial charge in [-0.15, -0.1) is 0 Å². The molecule has 4 rings (SSSR count). The van der Waals surface area contributed by atoms with Crippen LogP contribution in [0, 0.1) is 18.2 Å². The third-order valence-corrected chi connectivity index (χ3v) is 6.02. The average molecular weight is 477 g/mol. The molecule has 35 heavy (non-hydrogen) atoms. The van der Waals surface area contributed by atoms with Crippen molar-refractivity contribution in [3.8, 4) is 0 Å². The number of nitrogens with one attached hydrogen (secondary N) is 3. The Kier molecular flexibility index (Phi) is 6.19. The van der Waals surface area contributed by atoms with Crippen LogP contribution in [-0.4, -0.2) is 20.5 Å². The van der Waals surface area contributed by atoms with Crippen LogP contribution in [0.5, 0.6) is 0 Å². The third-order valence-electron chi connectivity index (χ3n) is 6.02. The third kappa shape index (κ3) is 4.80. The maximum absolute atomic E-state index is 13.9. The number of Topliss-reactive ketones (excluding diaryl/α,β-unsaturated/α-hetero) is 1. The molecule has 0 atom stereocenters. The minimum Gasteiger partial charge on any atom is -0.367 e. The summed E-state index contributed by atoms with van der Waals surface area (Å²) in [5, 5.41) is 15.5. The van der Waals surface area contributed by atoms with Gasteiger partial charge in [-0.3, -0.25) is 24.1 Å². The Morgan fingerprint density at radius 3 is 2.51 bits per heavy atom. The fourth-order valence-electron chi connectivity index (χ4n) is 4.09. The lowest BCUT2D eigenvalue weighted by Gasteiger charge is -2.16. The second kappa shape index (κ2) is 8.98. The lowest BCUT2D eigenvalue weighted by atomic mass is 10.1. The van der Waals surface area contributed by atoms with E-state index in [1.54, 1.807) is 42.8 Å². The van der Waals surface area contributed by atoms with Crippen LogP contribution in [0.2, 0.25) is 0 Å². The number of aromatic nitrogens is 2. The minimum atomic E-state index is -0.431. The molecule has 8 nitrogen and oxygen atoms in total. The Balaban J connectivity index is 1.85. The molecule has 2 aromatic carbocycles. The normalized spacial score (nSPS) is 14.7. The van der Waals surface area contributed by atoms with E-state index in [1.807, 2.05) is 26.0 Å². The zero-order chi connectivity index (χ0) is 25.5. The standard InChI is InChI=1S/C26H29FN6O2/c1-15-12-19(10-11-20(15)27)30-23(29-13-17-6-8-18(9-7-17)16(2)34)21-22(28)33-14-26(3,4)31-25(33)32(5)24(21)35/h6-12,28-30H,13-14H2,1-5H3/b23-21-,28-22?. The zero-order valence-electron chi connectivity index (χ0n) is 20.5. The van der Waals surface area contributed by atoms with Crippen molar-refractivity contribution in [2.45, 2.75) is 46.3 Å². The summed E-state index contributed by atoms with van der Waals surface area (Å²) in [4.78, 5) is 29.6. The van der Waals surface area contributed by atoms with E-state index in [0.717, 1.165) is 5.56 Å². The predicted octanol–water partition coefficient (Wildman–Crippen LogP) is 1.70. The van der Waals surface area contributed by atoms with Gasteiger partial charge in [-0.05, 0) is 57.0 Å². The van der Waals surface area contributed by atoms with E-state index < -0.39 is 5.54 Å². The lowest BCUT2D eigenvalue weighted by Crippen LogP contribution is -2.59. The minimum absolute atomic E-state index is 0.0176. The number of benzene rings is 2. The van der Waals surface area contributed by atoms with Crippen LogP contribution in [0.3, 0.4) is 0 Å². The number of halogens is 1. The van der Waals surface area contributed by atoms with Gasteiger partial charge in [0.25, 0.3) is 5.56 Å². The summed E-state index contributed by atoms with van der Waals surface area (Å²) >= 11 is 0. The van der Waals surface area contributed by atoms with Crippen LogP contribution in [0.15, 0.2) is 52.3 Å². The van der Waals surface area contributed by atoms with Gasteiger partial charge >= 0.3 is 0 Å². The Morgan fingerprint density at radius 2 is 1.89 bits per heavy atom. The van der Waals surface area contributed by atoms with Gasteiger partial charge in [0.15, 0.2) is 5.78 Å². The topological polar surface area (TPSA) is 104 Å². The summed E-state index contributed by atoms with van der Waals surface area (Å²) < 4.78 is 17.0. The van der Waals surface area contributed by atoms with Crippen molar-refractivity contribution >= 4 is 17.3 Å². The molecule has 1 aliphatic rings.